The Morgan fingerprint density at radius 1 is 1.50 bits per heavy atom. The molecule has 1 aromatic heterocycles. The van der Waals surface area contributed by atoms with E-state index in [4.69, 9.17) is 11.6 Å². The van der Waals surface area contributed by atoms with Crippen LogP contribution < -0.4 is 21.9 Å². The van der Waals surface area contributed by atoms with Crippen molar-refractivity contribution < 1.29 is 18.0 Å². The minimum absolute atomic E-state index is 0.0587. The van der Waals surface area contributed by atoms with E-state index in [2.05, 4.69) is 4.98 Å². The lowest BCUT2D eigenvalue weighted by Crippen LogP contribution is -2.31. The molecule has 0 aliphatic heterocycles. The van der Waals surface area contributed by atoms with E-state index in [0.717, 1.165) is 12.1 Å². The van der Waals surface area contributed by atoms with Crippen molar-refractivity contribution in [2.75, 3.05) is 23.9 Å². The Labute approximate surface area is 101 Å². The molecular formula is C9H12F3N5O. The summed E-state index contributed by atoms with van der Waals surface area (Å²) in [5.41, 5.74) is 6.07. The highest BCUT2D eigenvalue weighted by Crippen LogP contribution is 2.32. The normalized spacial score (nSPS) is 11.2. The zero-order chi connectivity index (χ0) is 13.9. The third kappa shape index (κ3) is 3.48. The number of anilines is 2. The fourth-order valence-electron chi connectivity index (χ4n) is 1.26. The summed E-state index contributed by atoms with van der Waals surface area (Å²) in [5.74, 6) is 4.15. The number of hydrogen-bond donors (Lipinski definition) is 3. The molecule has 0 aliphatic rings. The average molecular weight is 263 g/mol. The summed E-state index contributed by atoms with van der Waals surface area (Å²) in [4.78, 5) is 15.7. The number of pyridine rings is 1. The van der Waals surface area contributed by atoms with Crippen molar-refractivity contribution in [2.45, 2.75) is 6.18 Å². The predicted molar refractivity (Wildman–Crippen MR) is 59.5 cm³/mol. The molecule has 0 bridgehead atoms. The lowest BCUT2D eigenvalue weighted by Gasteiger charge is -2.18. The second-order valence-electron chi connectivity index (χ2n) is 3.56. The molecule has 0 fully saturated rings. The Morgan fingerprint density at radius 2 is 2.11 bits per heavy atom. The number of rotatable bonds is 4. The molecule has 0 radical (unpaired) electrons. The Morgan fingerprint density at radius 3 is 2.56 bits per heavy atom. The van der Waals surface area contributed by atoms with Crippen LogP contribution in [0.1, 0.15) is 5.56 Å². The number of halogens is 3. The number of nitrogens with two attached hydrogens (primary N) is 2. The first kappa shape index (κ1) is 14.0. The van der Waals surface area contributed by atoms with Crippen LogP contribution in [0, 0.1) is 0 Å². The quantitative estimate of drug-likeness (QED) is 0.536. The molecule has 9 heteroatoms. The number of likely N-dealkylation sites (N-methyl/N-ethyl adjacent to an activating group) is 1. The minimum Gasteiger partial charge on any atom is -0.368 e. The van der Waals surface area contributed by atoms with Crippen LogP contribution in [0.2, 0.25) is 0 Å². The molecule has 1 amide bonds. The molecule has 1 aromatic rings. The molecule has 0 aliphatic carbocycles. The van der Waals surface area contributed by atoms with E-state index < -0.39 is 17.6 Å². The molecule has 0 spiro atoms. The van der Waals surface area contributed by atoms with Gasteiger partial charge in [-0.05, 0) is 12.1 Å². The highest BCUT2D eigenvalue weighted by atomic mass is 19.4. The van der Waals surface area contributed by atoms with Crippen LogP contribution in [0.25, 0.3) is 0 Å². The van der Waals surface area contributed by atoms with E-state index >= 15 is 0 Å². The average Bonchev–Trinajstić information content (AvgIpc) is 2.26. The second-order valence-corrected chi connectivity index (χ2v) is 3.56. The number of carbonyl (C=O) groups excluding carboxylic acids is 1. The lowest BCUT2D eigenvalue weighted by atomic mass is 10.2. The van der Waals surface area contributed by atoms with Crippen LogP contribution in [0.5, 0.6) is 0 Å². The van der Waals surface area contributed by atoms with E-state index in [1.807, 2.05) is 5.43 Å². The molecular weight excluding hydrogens is 251 g/mol. The minimum atomic E-state index is -4.53. The standard InChI is InChI=1S/C9H12F3N5O/c1-17(4-6(13)18)8-3-5(9(10,11)12)2-7(15-8)16-14/h2-3H,4,14H2,1H3,(H2,13,18)(H,15,16). The number of nitrogen functional groups attached to an aromatic ring is 1. The van der Waals surface area contributed by atoms with Gasteiger partial charge in [0.1, 0.15) is 11.6 Å². The van der Waals surface area contributed by atoms with Gasteiger partial charge in [-0.15, -0.1) is 0 Å². The fraction of sp³-hybridized carbons (Fsp3) is 0.333. The SMILES string of the molecule is CN(CC(N)=O)c1cc(C(F)(F)F)cc(NN)n1. The number of aromatic nitrogens is 1. The maximum Gasteiger partial charge on any atom is 0.416 e. The van der Waals surface area contributed by atoms with Crippen molar-refractivity contribution in [3.05, 3.63) is 17.7 Å². The predicted octanol–water partition coefficient (Wildman–Crippen LogP) is 0.307. The summed E-state index contributed by atoms with van der Waals surface area (Å²) in [6.45, 7) is -0.252. The van der Waals surface area contributed by atoms with Crippen LogP contribution in [0.4, 0.5) is 24.8 Å². The fourth-order valence-corrected chi connectivity index (χ4v) is 1.26. The second kappa shape index (κ2) is 5.08. The summed E-state index contributed by atoms with van der Waals surface area (Å²) >= 11 is 0. The molecule has 0 unspecified atom stereocenters. The van der Waals surface area contributed by atoms with Gasteiger partial charge in [0.25, 0.3) is 0 Å². The van der Waals surface area contributed by atoms with Gasteiger partial charge in [-0.2, -0.15) is 13.2 Å². The van der Waals surface area contributed by atoms with Gasteiger partial charge in [-0.1, -0.05) is 0 Å². The number of nitrogens with zero attached hydrogens (tertiary/aromatic N) is 2. The van der Waals surface area contributed by atoms with E-state index in [9.17, 15) is 18.0 Å². The summed E-state index contributed by atoms with van der Waals surface area (Å²) in [6, 6.07) is 1.57. The van der Waals surface area contributed by atoms with Gasteiger partial charge in [0.2, 0.25) is 5.91 Å². The zero-order valence-electron chi connectivity index (χ0n) is 9.45. The molecule has 100 valence electrons. The monoisotopic (exact) mass is 263 g/mol. The number of hydrogen-bond acceptors (Lipinski definition) is 5. The third-order valence-electron chi connectivity index (χ3n) is 2.07. The van der Waals surface area contributed by atoms with Crippen molar-refractivity contribution in [1.29, 1.82) is 0 Å². The highest BCUT2D eigenvalue weighted by Gasteiger charge is 2.32. The van der Waals surface area contributed by atoms with Crippen molar-refractivity contribution in [3.8, 4) is 0 Å². The summed E-state index contributed by atoms with van der Waals surface area (Å²) in [7, 11) is 1.40. The van der Waals surface area contributed by atoms with E-state index in [1.54, 1.807) is 0 Å². The number of primary amides is 1. The van der Waals surface area contributed by atoms with Gasteiger partial charge in [0.15, 0.2) is 0 Å². The summed E-state index contributed by atoms with van der Waals surface area (Å²) < 4.78 is 37.8. The number of hydrazine groups is 1. The smallest absolute Gasteiger partial charge is 0.368 e. The number of amides is 1. The van der Waals surface area contributed by atoms with Crippen LogP contribution in [-0.4, -0.2) is 24.5 Å². The third-order valence-corrected chi connectivity index (χ3v) is 2.07. The van der Waals surface area contributed by atoms with Gasteiger partial charge in [0, 0.05) is 7.05 Å². The molecule has 1 rings (SSSR count). The van der Waals surface area contributed by atoms with Crippen LogP contribution in [0.3, 0.4) is 0 Å². The Bertz CT molecular complexity index is 448. The zero-order valence-corrected chi connectivity index (χ0v) is 9.45. The lowest BCUT2D eigenvalue weighted by molar-refractivity contribution is -0.137. The molecule has 0 saturated carbocycles. The topological polar surface area (TPSA) is 97.3 Å². The molecule has 5 N–H and O–H groups in total. The first-order chi connectivity index (χ1) is 8.24. The first-order valence-corrected chi connectivity index (χ1v) is 4.79. The Balaban J connectivity index is 3.15. The molecule has 0 atom stereocenters. The molecule has 18 heavy (non-hydrogen) atoms. The van der Waals surface area contributed by atoms with Crippen molar-refractivity contribution in [2.24, 2.45) is 11.6 Å². The first-order valence-electron chi connectivity index (χ1n) is 4.79. The Kier molecular flexibility index (Phi) is 3.96. The van der Waals surface area contributed by atoms with Gasteiger partial charge >= 0.3 is 6.18 Å². The molecule has 1 heterocycles. The van der Waals surface area contributed by atoms with Crippen LogP contribution in [0.15, 0.2) is 12.1 Å². The summed E-state index contributed by atoms with van der Waals surface area (Å²) in [5, 5.41) is 0. The highest BCUT2D eigenvalue weighted by molar-refractivity contribution is 5.79. The summed E-state index contributed by atoms with van der Waals surface area (Å²) in [6.07, 6.45) is -4.53. The maximum absolute atomic E-state index is 12.6. The number of carbonyl (C=O) groups is 1. The van der Waals surface area contributed by atoms with E-state index in [-0.39, 0.29) is 18.2 Å². The van der Waals surface area contributed by atoms with E-state index in [0.29, 0.717) is 0 Å². The van der Waals surface area contributed by atoms with Crippen LogP contribution in [-0.2, 0) is 11.0 Å². The number of alkyl halides is 3. The number of nitrogens with one attached hydrogen (secondary N) is 1. The Hall–Kier alpha value is -2.03. The molecule has 0 saturated heterocycles. The van der Waals surface area contributed by atoms with Crippen molar-refractivity contribution in [1.82, 2.24) is 4.98 Å². The van der Waals surface area contributed by atoms with E-state index in [1.165, 1.54) is 11.9 Å². The largest absolute Gasteiger partial charge is 0.416 e. The van der Waals surface area contributed by atoms with Gasteiger partial charge < -0.3 is 16.1 Å². The molecule has 0 aromatic carbocycles. The maximum atomic E-state index is 12.6. The van der Waals surface area contributed by atoms with Gasteiger partial charge in [-0.3, -0.25) is 4.79 Å². The van der Waals surface area contributed by atoms with Gasteiger partial charge in [-0.25, -0.2) is 10.8 Å². The van der Waals surface area contributed by atoms with Crippen LogP contribution >= 0.6 is 0 Å². The van der Waals surface area contributed by atoms with Gasteiger partial charge in [0.05, 0.1) is 12.1 Å². The van der Waals surface area contributed by atoms with Crippen molar-refractivity contribution in [3.63, 3.8) is 0 Å². The molecule has 6 nitrogen and oxygen atoms in total. The van der Waals surface area contributed by atoms with Crippen molar-refractivity contribution >= 4 is 17.5 Å².